The summed E-state index contributed by atoms with van der Waals surface area (Å²) in [5.41, 5.74) is 0.472. The van der Waals surface area contributed by atoms with Crippen molar-refractivity contribution in [2.75, 3.05) is 18.1 Å². The molecule has 2 atom stereocenters. The predicted molar refractivity (Wildman–Crippen MR) is 95.0 cm³/mol. The topological polar surface area (TPSA) is 38.3 Å². The van der Waals surface area contributed by atoms with Crippen LogP contribution in [0.4, 0.5) is 4.39 Å². The first-order valence-electron chi connectivity index (χ1n) is 8.37. The highest BCUT2D eigenvalue weighted by Gasteiger charge is 2.40. The average molecular weight is 345 g/mol. The second-order valence-corrected chi connectivity index (χ2v) is 7.74. The number of halogens is 1. The van der Waals surface area contributed by atoms with Gasteiger partial charge >= 0.3 is 0 Å². The lowest BCUT2D eigenvalue weighted by molar-refractivity contribution is -0.0688. The van der Waals surface area contributed by atoms with Crippen molar-refractivity contribution in [1.82, 2.24) is 5.32 Å². The molecule has 0 aromatic heterocycles. The first-order chi connectivity index (χ1) is 11.7. The van der Waals surface area contributed by atoms with E-state index in [0.717, 1.165) is 30.8 Å². The molecule has 2 saturated heterocycles. The van der Waals surface area contributed by atoms with Gasteiger partial charge in [-0.25, -0.2) is 4.39 Å². The standard InChI is InChI=1S/C19H20FNO2S/c20-17-6-5-16(14-3-1-2-4-15(14)17)18(22)21-13-7-9-23-19(11-13)8-10-24-12-19/h1-6,13H,7-12H2,(H,21,22). The Morgan fingerprint density at radius 3 is 2.88 bits per heavy atom. The van der Waals surface area contributed by atoms with Crippen molar-refractivity contribution in [2.24, 2.45) is 0 Å². The minimum Gasteiger partial charge on any atom is -0.374 e. The summed E-state index contributed by atoms with van der Waals surface area (Å²) >= 11 is 1.92. The predicted octanol–water partition coefficient (Wildman–Crippen LogP) is 3.76. The number of nitrogens with one attached hydrogen (secondary N) is 1. The Hall–Kier alpha value is -1.59. The summed E-state index contributed by atoms with van der Waals surface area (Å²) in [5, 5.41) is 4.29. The van der Waals surface area contributed by atoms with E-state index >= 15 is 0 Å². The summed E-state index contributed by atoms with van der Waals surface area (Å²) in [6.45, 7) is 0.690. The second-order valence-electron chi connectivity index (χ2n) is 6.64. The summed E-state index contributed by atoms with van der Waals surface area (Å²) in [4.78, 5) is 12.8. The number of fused-ring (bicyclic) bond motifs is 1. The molecule has 2 aliphatic heterocycles. The fourth-order valence-electron chi connectivity index (χ4n) is 3.74. The van der Waals surface area contributed by atoms with Crippen LogP contribution in [0.2, 0.25) is 0 Å². The van der Waals surface area contributed by atoms with Gasteiger partial charge in [0, 0.05) is 29.4 Å². The number of ether oxygens (including phenoxy) is 1. The van der Waals surface area contributed by atoms with Gasteiger partial charge in [-0.15, -0.1) is 0 Å². The molecule has 1 spiro atoms. The minimum atomic E-state index is -0.296. The Morgan fingerprint density at radius 1 is 1.25 bits per heavy atom. The van der Waals surface area contributed by atoms with E-state index in [-0.39, 0.29) is 23.4 Å². The summed E-state index contributed by atoms with van der Waals surface area (Å²) in [6, 6.07) is 10.2. The van der Waals surface area contributed by atoms with Gasteiger partial charge in [0.25, 0.3) is 5.91 Å². The molecule has 2 aromatic carbocycles. The van der Waals surface area contributed by atoms with Crippen molar-refractivity contribution in [3.05, 3.63) is 47.8 Å². The first kappa shape index (κ1) is 15.9. The quantitative estimate of drug-likeness (QED) is 0.901. The smallest absolute Gasteiger partial charge is 0.252 e. The Balaban J connectivity index is 1.55. The maximum absolute atomic E-state index is 13.9. The maximum atomic E-state index is 13.9. The van der Waals surface area contributed by atoms with Gasteiger partial charge in [0.1, 0.15) is 5.82 Å². The Kier molecular flexibility index (Phi) is 4.22. The van der Waals surface area contributed by atoms with Gasteiger partial charge in [-0.05, 0) is 42.5 Å². The zero-order chi connectivity index (χ0) is 16.6. The number of hydrogen-bond acceptors (Lipinski definition) is 3. The van der Waals surface area contributed by atoms with Gasteiger partial charge in [-0.1, -0.05) is 24.3 Å². The Morgan fingerprint density at radius 2 is 2.08 bits per heavy atom. The van der Waals surface area contributed by atoms with Crippen molar-refractivity contribution in [2.45, 2.75) is 30.9 Å². The van der Waals surface area contributed by atoms with Crippen molar-refractivity contribution in [3.63, 3.8) is 0 Å². The molecule has 0 saturated carbocycles. The molecule has 24 heavy (non-hydrogen) atoms. The van der Waals surface area contributed by atoms with Crippen LogP contribution in [0, 0.1) is 5.82 Å². The summed E-state index contributed by atoms with van der Waals surface area (Å²) < 4.78 is 19.9. The summed E-state index contributed by atoms with van der Waals surface area (Å²) in [7, 11) is 0. The van der Waals surface area contributed by atoms with Crippen LogP contribution in [0.3, 0.4) is 0 Å². The van der Waals surface area contributed by atoms with Crippen molar-refractivity contribution in [3.8, 4) is 0 Å². The van der Waals surface area contributed by atoms with Crippen molar-refractivity contribution in [1.29, 1.82) is 0 Å². The molecule has 5 heteroatoms. The highest BCUT2D eigenvalue weighted by atomic mass is 32.2. The van der Waals surface area contributed by atoms with E-state index in [9.17, 15) is 9.18 Å². The lowest BCUT2D eigenvalue weighted by atomic mass is 9.89. The van der Waals surface area contributed by atoms with E-state index in [4.69, 9.17) is 4.74 Å². The molecule has 2 aliphatic rings. The average Bonchev–Trinajstić information content (AvgIpc) is 3.03. The highest BCUT2D eigenvalue weighted by Crippen LogP contribution is 2.38. The molecule has 4 rings (SSSR count). The Labute approximate surface area is 144 Å². The number of carbonyl (C=O) groups is 1. The maximum Gasteiger partial charge on any atom is 0.252 e. The second kappa shape index (κ2) is 6.37. The van der Waals surface area contributed by atoms with Crippen LogP contribution in [0.25, 0.3) is 10.8 Å². The first-order valence-corrected chi connectivity index (χ1v) is 9.52. The molecule has 2 aromatic rings. The third kappa shape index (κ3) is 2.91. The fourth-order valence-corrected chi connectivity index (χ4v) is 5.12. The van der Waals surface area contributed by atoms with Crippen LogP contribution < -0.4 is 5.32 Å². The largest absolute Gasteiger partial charge is 0.374 e. The summed E-state index contributed by atoms with van der Waals surface area (Å²) in [6.07, 6.45) is 2.76. The summed E-state index contributed by atoms with van der Waals surface area (Å²) in [5.74, 6) is 1.72. The van der Waals surface area contributed by atoms with Gasteiger partial charge in [0.15, 0.2) is 0 Å². The molecule has 0 radical (unpaired) electrons. The Bertz CT molecular complexity index is 773. The third-order valence-corrected chi connectivity index (χ3v) is 6.23. The highest BCUT2D eigenvalue weighted by molar-refractivity contribution is 7.99. The zero-order valence-electron chi connectivity index (χ0n) is 13.4. The van der Waals surface area contributed by atoms with Crippen LogP contribution in [-0.4, -0.2) is 35.7 Å². The molecular formula is C19H20FNO2S. The molecule has 1 amide bonds. The van der Waals surface area contributed by atoms with Crippen LogP contribution in [-0.2, 0) is 4.74 Å². The SMILES string of the molecule is O=C(NC1CCOC2(CCSC2)C1)c1ccc(F)c2ccccc12. The van der Waals surface area contributed by atoms with Crippen molar-refractivity contribution >= 4 is 28.4 Å². The van der Waals surface area contributed by atoms with Crippen LogP contribution in [0.1, 0.15) is 29.6 Å². The van der Waals surface area contributed by atoms with Gasteiger partial charge in [0.2, 0.25) is 0 Å². The monoisotopic (exact) mass is 345 g/mol. The molecule has 2 heterocycles. The van der Waals surface area contributed by atoms with E-state index < -0.39 is 0 Å². The molecule has 2 unspecified atom stereocenters. The van der Waals surface area contributed by atoms with Gasteiger partial charge in [-0.3, -0.25) is 4.79 Å². The lowest BCUT2D eigenvalue weighted by Gasteiger charge is -2.38. The number of carbonyl (C=O) groups excluding carboxylic acids is 1. The lowest BCUT2D eigenvalue weighted by Crippen LogP contribution is -2.48. The van der Waals surface area contributed by atoms with Crippen LogP contribution in [0.15, 0.2) is 36.4 Å². The number of hydrogen-bond donors (Lipinski definition) is 1. The van der Waals surface area contributed by atoms with Gasteiger partial charge in [-0.2, -0.15) is 11.8 Å². The minimum absolute atomic E-state index is 0.0638. The normalized spacial score (nSPS) is 26.8. The number of benzene rings is 2. The number of thioether (sulfide) groups is 1. The molecule has 2 fully saturated rings. The molecule has 0 bridgehead atoms. The van der Waals surface area contributed by atoms with Crippen molar-refractivity contribution < 1.29 is 13.9 Å². The van der Waals surface area contributed by atoms with E-state index in [2.05, 4.69) is 5.32 Å². The van der Waals surface area contributed by atoms with E-state index in [1.165, 1.54) is 6.07 Å². The fraction of sp³-hybridized carbons (Fsp3) is 0.421. The molecule has 3 nitrogen and oxygen atoms in total. The van der Waals surface area contributed by atoms with Crippen LogP contribution in [0.5, 0.6) is 0 Å². The third-order valence-electron chi connectivity index (χ3n) is 5.01. The molecular weight excluding hydrogens is 325 g/mol. The van der Waals surface area contributed by atoms with E-state index in [1.807, 2.05) is 17.8 Å². The molecule has 1 N–H and O–H groups in total. The molecule has 126 valence electrons. The number of rotatable bonds is 2. The van der Waals surface area contributed by atoms with E-state index in [0.29, 0.717) is 22.9 Å². The van der Waals surface area contributed by atoms with Crippen LogP contribution >= 0.6 is 11.8 Å². The van der Waals surface area contributed by atoms with E-state index in [1.54, 1.807) is 24.3 Å². The molecule has 0 aliphatic carbocycles. The zero-order valence-corrected chi connectivity index (χ0v) is 14.2. The number of amides is 1. The van der Waals surface area contributed by atoms with Gasteiger partial charge < -0.3 is 10.1 Å². The van der Waals surface area contributed by atoms with Gasteiger partial charge in [0.05, 0.1) is 5.60 Å².